The van der Waals surface area contributed by atoms with Crippen LogP contribution in [0, 0.1) is 6.92 Å². The van der Waals surface area contributed by atoms with E-state index < -0.39 is 5.60 Å². The van der Waals surface area contributed by atoms with Crippen molar-refractivity contribution in [3.05, 3.63) is 60.2 Å². The number of hydrogen-bond donors (Lipinski definition) is 2. The number of fused-ring (bicyclic) bond motifs is 1. The summed E-state index contributed by atoms with van der Waals surface area (Å²) in [5.74, 6) is 1.31. The number of anilines is 1. The largest absolute Gasteiger partial charge is 0.507 e. The Balaban J connectivity index is 0.00000158. The zero-order valence-electron chi connectivity index (χ0n) is 20.6. The fourth-order valence-corrected chi connectivity index (χ4v) is 3.77. The first-order valence-corrected chi connectivity index (χ1v) is 11.7. The van der Waals surface area contributed by atoms with Crippen molar-refractivity contribution in [1.82, 2.24) is 14.9 Å². The number of carbonyl (C=O) groups excluding carboxylic acids is 1. The number of piperazine rings is 1. The Hall–Kier alpha value is -3.45. The molecule has 0 spiro atoms. The summed E-state index contributed by atoms with van der Waals surface area (Å²) in [7, 11) is 0. The number of nitrogens with zero attached hydrogens (tertiary/aromatic N) is 4. The maximum atomic E-state index is 12.5. The molecule has 4 rings (SSSR count). The van der Waals surface area contributed by atoms with E-state index in [0.717, 1.165) is 22.3 Å². The van der Waals surface area contributed by atoms with E-state index in [1.165, 1.54) is 12.2 Å². The second-order valence-electron chi connectivity index (χ2n) is 8.71. The molecule has 0 bridgehead atoms. The van der Waals surface area contributed by atoms with Crippen LogP contribution in [0.4, 0.5) is 5.82 Å². The molecule has 2 heterocycles. The van der Waals surface area contributed by atoms with Gasteiger partial charge in [0.15, 0.2) is 5.82 Å². The monoisotopic (exact) mass is 462 g/mol. The predicted octanol–water partition coefficient (Wildman–Crippen LogP) is 4.31. The molecule has 0 saturated carbocycles. The Labute approximate surface area is 201 Å². The van der Waals surface area contributed by atoms with Gasteiger partial charge in [0.1, 0.15) is 11.6 Å². The van der Waals surface area contributed by atoms with Crippen LogP contribution in [0.5, 0.6) is 5.75 Å². The maximum absolute atomic E-state index is 12.5. The Bertz CT molecular complexity index is 1180. The van der Waals surface area contributed by atoms with Crippen LogP contribution < -0.4 is 4.90 Å². The summed E-state index contributed by atoms with van der Waals surface area (Å²) in [5.41, 5.74) is 1.48. The van der Waals surface area contributed by atoms with Gasteiger partial charge < -0.3 is 20.0 Å². The number of para-hydroxylation sites is 1. The molecule has 2 aromatic carbocycles. The van der Waals surface area contributed by atoms with Crippen molar-refractivity contribution in [1.29, 1.82) is 0 Å². The van der Waals surface area contributed by atoms with Gasteiger partial charge in [-0.25, -0.2) is 9.97 Å². The third-order valence-corrected chi connectivity index (χ3v) is 5.50. The molecule has 1 amide bonds. The molecule has 2 N–H and O–H groups in total. The van der Waals surface area contributed by atoms with E-state index in [9.17, 15) is 15.0 Å². The number of aliphatic hydroxyl groups is 1. The zero-order chi connectivity index (χ0) is 24.9. The molecule has 7 heteroatoms. The molecule has 0 aliphatic carbocycles. The zero-order valence-corrected chi connectivity index (χ0v) is 20.6. The standard InChI is InChI=1S/C25H28N4O3.C2H6/c1-17-8-9-18-20(16-17)26-23(19-6-4-5-7-21(19)30)27-24(18)29-14-12-28(13-15-29)22(31)10-11-25(2,3)32;1-2/h4-11,16,30,32H,12-15H2,1-3H3;1-2H3/b11-10+;. The fourth-order valence-electron chi connectivity index (χ4n) is 3.77. The van der Waals surface area contributed by atoms with Crippen LogP contribution in [0.25, 0.3) is 22.3 Å². The fraction of sp³-hybridized carbons (Fsp3) is 0.370. The van der Waals surface area contributed by atoms with Gasteiger partial charge in [-0.3, -0.25) is 4.79 Å². The summed E-state index contributed by atoms with van der Waals surface area (Å²) in [5, 5.41) is 21.1. The lowest BCUT2D eigenvalue weighted by molar-refractivity contribution is -0.126. The maximum Gasteiger partial charge on any atom is 0.246 e. The Morgan fingerprint density at radius 3 is 2.35 bits per heavy atom. The van der Waals surface area contributed by atoms with Crippen LogP contribution in [0.2, 0.25) is 0 Å². The average Bonchev–Trinajstić information content (AvgIpc) is 2.83. The first-order valence-electron chi connectivity index (χ1n) is 11.7. The molecule has 180 valence electrons. The number of carbonyl (C=O) groups is 1. The molecule has 0 radical (unpaired) electrons. The van der Waals surface area contributed by atoms with E-state index in [4.69, 9.17) is 9.97 Å². The van der Waals surface area contributed by atoms with E-state index in [1.807, 2.05) is 51.1 Å². The average molecular weight is 463 g/mol. The molecule has 1 saturated heterocycles. The van der Waals surface area contributed by atoms with Crippen LogP contribution in [0.15, 0.2) is 54.6 Å². The summed E-state index contributed by atoms with van der Waals surface area (Å²) >= 11 is 0. The molecule has 1 aliphatic rings. The molecule has 0 unspecified atom stereocenters. The molecule has 0 atom stereocenters. The number of phenolic OH excluding ortho intramolecular Hbond substituents is 1. The van der Waals surface area contributed by atoms with Crippen molar-refractivity contribution >= 4 is 22.6 Å². The van der Waals surface area contributed by atoms with E-state index >= 15 is 0 Å². The second kappa shape index (κ2) is 10.7. The minimum absolute atomic E-state index is 0.107. The van der Waals surface area contributed by atoms with E-state index in [-0.39, 0.29) is 11.7 Å². The SMILES string of the molecule is CC.Cc1ccc2c(N3CCN(C(=O)/C=C/C(C)(C)O)CC3)nc(-c3ccccc3O)nc2c1. The van der Waals surface area contributed by atoms with Crippen molar-refractivity contribution in [3.8, 4) is 17.1 Å². The number of phenols is 1. The van der Waals surface area contributed by atoms with Gasteiger partial charge in [-0.2, -0.15) is 0 Å². The summed E-state index contributed by atoms with van der Waals surface area (Å²) in [6, 6.07) is 13.1. The molecule has 1 aliphatic heterocycles. The van der Waals surface area contributed by atoms with Crippen molar-refractivity contribution in [2.75, 3.05) is 31.1 Å². The molecule has 34 heavy (non-hydrogen) atoms. The lowest BCUT2D eigenvalue weighted by Crippen LogP contribution is -2.48. The van der Waals surface area contributed by atoms with Crippen LogP contribution in [-0.4, -0.2) is 62.8 Å². The first-order chi connectivity index (χ1) is 16.2. The lowest BCUT2D eigenvalue weighted by Gasteiger charge is -2.35. The smallest absolute Gasteiger partial charge is 0.246 e. The number of amides is 1. The van der Waals surface area contributed by atoms with Gasteiger partial charge in [0.05, 0.1) is 16.7 Å². The van der Waals surface area contributed by atoms with Gasteiger partial charge in [-0.15, -0.1) is 0 Å². The highest BCUT2D eigenvalue weighted by atomic mass is 16.3. The summed E-state index contributed by atoms with van der Waals surface area (Å²) in [6.45, 7) is 11.7. The number of rotatable bonds is 4. The van der Waals surface area contributed by atoms with Crippen molar-refractivity contribution in [2.45, 2.75) is 40.2 Å². The predicted molar refractivity (Wildman–Crippen MR) is 137 cm³/mol. The normalized spacial score (nSPS) is 14.3. The lowest BCUT2D eigenvalue weighted by atomic mass is 10.1. The van der Waals surface area contributed by atoms with Crippen LogP contribution in [0.1, 0.15) is 33.3 Å². The van der Waals surface area contributed by atoms with E-state index in [1.54, 1.807) is 30.9 Å². The molecular weight excluding hydrogens is 428 g/mol. The summed E-state index contributed by atoms with van der Waals surface area (Å²) < 4.78 is 0. The third-order valence-electron chi connectivity index (χ3n) is 5.50. The van der Waals surface area contributed by atoms with Crippen LogP contribution in [0.3, 0.4) is 0 Å². The molecule has 7 nitrogen and oxygen atoms in total. The Kier molecular flexibility index (Phi) is 7.89. The quantitative estimate of drug-likeness (QED) is 0.562. The molecule has 3 aromatic rings. The molecule has 1 fully saturated rings. The number of benzene rings is 2. The highest BCUT2D eigenvalue weighted by molar-refractivity contribution is 5.92. The van der Waals surface area contributed by atoms with Crippen LogP contribution in [-0.2, 0) is 4.79 Å². The van der Waals surface area contributed by atoms with Gasteiger partial charge >= 0.3 is 0 Å². The second-order valence-corrected chi connectivity index (χ2v) is 8.71. The van der Waals surface area contributed by atoms with Gasteiger partial charge in [-0.1, -0.05) is 32.0 Å². The molecule has 1 aromatic heterocycles. The third kappa shape index (κ3) is 5.91. The topological polar surface area (TPSA) is 89.8 Å². The minimum Gasteiger partial charge on any atom is -0.507 e. The summed E-state index contributed by atoms with van der Waals surface area (Å²) in [6.07, 6.45) is 2.95. The first kappa shape index (κ1) is 25.2. The number of aromatic hydroxyl groups is 1. The van der Waals surface area contributed by atoms with E-state index in [0.29, 0.717) is 37.6 Å². The summed E-state index contributed by atoms with van der Waals surface area (Å²) in [4.78, 5) is 25.9. The van der Waals surface area contributed by atoms with Gasteiger partial charge in [-0.05, 0) is 56.7 Å². The Morgan fingerprint density at radius 1 is 1.03 bits per heavy atom. The highest BCUT2D eigenvalue weighted by Crippen LogP contribution is 2.32. The Morgan fingerprint density at radius 2 is 1.71 bits per heavy atom. The number of aryl methyl sites for hydroxylation is 1. The van der Waals surface area contributed by atoms with Crippen LogP contribution >= 0.6 is 0 Å². The molecular formula is C27H34N4O3. The van der Waals surface area contributed by atoms with E-state index in [2.05, 4.69) is 4.90 Å². The number of hydrogen-bond acceptors (Lipinski definition) is 6. The highest BCUT2D eigenvalue weighted by Gasteiger charge is 2.24. The number of aromatic nitrogens is 2. The van der Waals surface area contributed by atoms with Crippen molar-refractivity contribution in [3.63, 3.8) is 0 Å². The van der Waals surface area contributed by atoms with Gasteiger partial charge in [0.25, 0.3) is 0 Å². The minimum atomic E-state index is -1.02. The van der Waals surface area contributed by atoms with Crippen molar-refractivity contribution < 1.29 is 15.0 Å². The van der Waals surface area contributed by atoms with Gasteiger partial charge in [0, 0.05) is 37.6 Å². The van der Waals surface area contributed by atoms with Crippen molar-refractivity contribution in [2.24, 2.45) is 0 Å². The van der Waals surface area contributed by atoms with Gasteiger partial charge in [0.2, 0.25) is 5.91 Å².